The van der Waals surface area contributed by atoms with Gasteiger partial charge in [0.25, 0.3) is 0 Å². The zero-order chi connectivity index (χ0) is 22.2. The molecule has 1 amide bonds. The Balaban J connectivity index is 1.76. The van der Waals surface area contributed by atoms with E-state index in [1.54, 1.807) is 46.8 Å². The van der Waals surface area contributed by atoms with E-state index >= 15 is 0 Å². The molecule has 0 saturated carbocycles. The van der Waals surface area contributed by atoms with Crippen molar-refractivity contribution < 1.29 is 32.5 Å². The third-order valence-corrected chi connectivity index (χ3v) is 8.02. The highest BCUT2D eigenvalue weighted by atomic mass is 32.2. The van der Waals surface area contributed by atoms with E-state index in [1.807, 2.05) is 6.92 Å². The summed E-state index contributed by atoms with van der Waals surface area (Å²) < 4.78 is 44.5. The number of nitrogens with zero attached hydrogens (tertiary/aromatic N) is 1. The average Bonchev–Trinajstić information content (AvgIpc) is 3.16. The van der Waals surface area contributed by atoms with Gasteiger partial charge in [-0.3, -0.25) is 4.90 Å². The van der Waals surface area contributed by atoms with Gasteiger partial charge in [-0.1, -0.05) is 17.7 Å². The summed E-state index contributed by atoms with van der Waals surface area (Å²) in [6.45, 7) is 10.5. The van der Waals surface area contributed by atoms with Crippen LogP contribution in [0.3, 0.4) is 0 Å². The summed E-state index contributed by atoms with van der Waals surface area (Å²) in [7, 11) is -3.96. The van der Waals surface area contributed by atoms with E-state index in [1.165, 1.54) is 17.0 Å². The van der Waals surface area contributed by atoms with Crippen LogP contribution in [0.25, 0.3) is 0 Å². The van der Waals surface area contributed by atoms with Gasteiger partial charge in [-0.15, -0.1) is 0 Å². The number of fused-ring (bicyclic) bond motifs is 5. The molecule has 3 aliphatic heterocycles. The molecule has 6 atom stereocenters. The molecule has 0 radical (unpaired) electrons. The number of carbonyl (C=O) groups is 1. The molecule has 166 valence electrons. The second-order valence-electron chi connectivity index (χ2n) is 9.75. The molecule has 0 aliphatic carbocycles. The molecule has 30 heavy (non-hydrogen) atoms. The van der Waals surface area contributed by atoms with Gasteiger partial charge in [0.2, 0.25) is 0 Å². The molecule has 1 aromatic carbocycles. The van der Waals surface area contributed by atoms with Crippen molar-refractivity contribution in [3.63, 3.8) is 0 Å². The molecule has 1 aromatic rings. The number of aliphatic hydroxyl groups is 1. The molecule has 4 rings (SSSR count). The molecule has 3 aliphatic rings. The molecule has 0 aromatic heterocycles. The van der Waals surface area contributed by atoms with Crippen LogP contribution in [0, 0.1) is 6.92 Å². The van der Waals surface area contributed by atoms with E-state index in [0.717, 1.165) is 5.56 Å². The Morgan fingerprint density at radius 3 is 2.17 bits per heavy atom. The fourth-order valence-corrected chi connectivity index (χ4v) is 6.78. The van der Waals surface area contributed by atoms with Crippen molar-refractivity contribution in [1.82, 2.24) is 4.90 Å². The van der Waals surface area contributed by atoms with Crippen molar-refractivity contribution >= 4 is 15.9 Å². The van der Waals surface area contributed by atoms with Gasteiger partial charge in [-0.2, -0.15) is 0 Å². The number of amides is 1. The van der Waals surface area contributed by atoms with Crippen molar-refractivity contribution in [3.8, 4) is 0 Å². The third-order valence-electron chi connectivity index (χ3n) is 5.81. The van der Waals surface area contributed by atoms with Crippen LogP contribution in [0.5, 0.6) is 0 Å². The van der Waals surface area contributed by atoms with E-state index in [2.05, 4.69) is 0 Å². The van der Waals surface area contributed by atoms with Crippen LogP contribution in [-0.2, 0) is 24.0 Å². The lowest BCUT2D eigenvalue weighted by Gasteiger charge is -2.31. The predicted octanol–water partition coefficient (Wildman–Crippen LogP) is 2.02. The largest absolute Gasteiger partial charge is 0.444 e. The van der Waals surface area contributed by atoms with Gasteiger partial charge in [0.1, 0.15) is 23.1 Å². The van der Waals surface area contributed by atoms with Gasteiger partial charge in [-0.05, 0) is 53.7 Å². The van der Waals surface area contributed by atoms with Crippen LogP contribution in [0.15, 0.2) is 29.2 Å². The molecule has 2 bridgehead atoms. The first-order valence-corrected chi connectivity index (χ1v) is 11.6. The Bertz CT molecular complexity index is 951. The van der Waals surface area contributed by atoms with Crippen molar-refractivity contribution in [2.24, 2.45) is 0 Å². The Morgan fingerprint density at radius 1 is 1.10 bits per heavy atom. The second kappa shape index (κ2) is 6.66. The molecular formula is C21H29NO7S. The monoisotopic (exact) mass is 439 g/mol. The van der Waals surface area contributed by atoms with Crippen LogP contribution in [-0.4, -0.2) is 71.6 Å². The van der Waals surface area contributed by atoms with E-state index in [4.69, 9.17) is 14.2 Å². The third kappa shape index (κ3) is 3.32. The fraction of sp³-hybridized carbons (Fsp3) is 0.667. The molecule has 3 heterocycles. The SMILES string of the molecule is Cc1ccc(S(=O)(=O)[C@@H]2[C@H](O)[C@@H]3[C@H]4OC(C)(C)O[C@H]4[C@H]2N3C(=O)OC(C)(C)C)cc1. The highest BCUT2D eigenvalue weighted by molar-refractivity contribution is 7.92. The number of benzene rings is 1. The normalized spacial score (nSPS) is 34.8. The molecular weight excluding hydrogens is 410 g/mol. The fourth-order valence-electron chi connectivity index (χ4n) is 4.77. The predicted molar refractivity (Wildman–Crippen MR) is 108 cm³/mol. The number of rotatable bonds is 2. The Hall–Kier alpha value is -1.68. The summed E-state index contributed by atoms with van der Waals surface area (Å²) in [6, 6.07) is 4.67. The zero-order valence-electron chi connectivity index (χ0n) is 18.0. The lowest BCUT2D eigenvalue weighted by molar-refractivity contribution is -0.163. The van der Waals surface area contributed by atoms with Crippen molar-refractivity contribution in [1.29, 1.82) is 0 Å². The van der Waals surface area contributed by atoms with Crippen LogP contribution in [0.4, 0.5) is 4.79 Å². The highest BCUT2D eigenvalue weighted by Crippen LogP contribution is 2.51. The number of sulfone groups is 1. The van der Waals surface area contributed by atoms with Crippen LogP contribution in [0.1, 0.15) is 40.2 Å². The Morgan fingerprint density at radius 2 is 1.63 bits per heavy atom. The van der Waals surface area contributed by atoms with Crippen molar-refractivity contribution in [2.75, 3.05) is 0 Å². The molecule has 3 fully saturated rings. The van der Waals surface area contributed by atoms with E-state index < -0.39 is 63.0 Å². The first-order valence-electron chi connectivity index (χ1n) is 10.1. The van der Waals surface area contributed by atoms with Crippen molar-refractivity contribution in [3.05, 3.63) is 29.8 Å². The second-order valence-corrected chi connectivity index (χ2v) is 11.9. The maximum absolute atomic E-state index is 13.5. The quantitative estimate of drug-likeness (QED) is 0.752. The van der Waals surface area contributed by atoms with E-state index in [-0.39, 0.29) is 4.90 Å². The van der Waals surface area contributed by atoms with Gasteiger partial charge in [-0.25, -0.2) is 13.2 Å². The van der Waals surface area contributed by atoms with Crippen LogP contribution in [0.2, 0.25) is 0 Å². The summed E-state index contributed by atoms with van der Waals surface area (Å²) in [5.74, 6) is -0.936. The number of hydrogen-bond donors (Lipinski definition) is 1. The number of hydrogen-bond acceptors (Lipinski definition) is 7. The summed E-state index contributed by atoms with van der Waals surface area (Å²) in [5.41, 5.74) is 0.151. The molecule has 0 unspecified atom stereocenters. The number of carbonyl (C=O) groups excluding carboxylic acids is 1. The summed E-state index contributed by atoms with van der Waals surface area (Å²) >= 11 is 0. The minimum absolute atomic E-state index is 0.101. The number of aryl methyl sites for hydroxylation is 1. The lowest BCUT2D eigenvalue weighted by atomic mass is 9.92. The Kier molecular flexibility index (Phi) is 4.78. The topological polar surface area (TPSA) is 102 Å². The molecule has 1 N–H and O–H groups in total. The van der Waals surface area contributed by atoms with Crippen LogP contribution < -0.4 is 0 Å². The van der Waals surface area contributed by atoms with Gasteiger partial charge < -0.3 is 19.3 Å². The Labute approximate surface area is 177 Å². The summed E-state index contributed by atoms with van der Waals surface area (Å²) in [5, 5.41) is 9.86. The van der Waals surface area contributed by atoms with Crippen LogP contribution >= 0.6 is 0 Å². The van der Waals surface area contributed by atoms with Gasteiger partial charge in [0.15, 0.2) is 15.6 Å². The van der Waals surface area contributed by atoms with Crippen molar-refractivity contribution in [2.45, 2.75) is 93.5 Å². The highest BCUT2D eigenvalue weighted by Gasteiger charge is 2.72. The standard InChI is InChI=1S/C21H29NO7S/c1-11-7-9-12(10-8-11)30(25,26)18-14-17-16(27-21(5,6)28-17)13(15(18)23)22(14)19(24)29-20(2,3)4/h7-10,13-18,23H,1-6H3/t13-,14-,15-,16-,17+,18+/m1/s1. The smallest absolute Gasteiger partial charge is 0.411 e. The zero-order valence-corrected chi connectivity index (χ0v) is 18.8. The summed E-state index contributed by atoms with van der Waals surface area (Å²) in [4.78, 5) is 14.4. The molecule has 9 heteroatoms. The molecule has 0 spiro atoms. The molecule has 3 saturated heterocycles. The first kappa shape index (κ1) is 21.5. The average molecular weight is 440 g/mol. The first-order chi connectivity index (χ1) is 13.7. The lowest BCUT2D eigenvalue weighted by Crippen LogP contribution is -2.54. The van der Waals surface area contributed by atoms with Gasteiger partial charge >= 0.3 is 6.09 Å². The van der Waals surface area contributed by atoms with E-state index in [0.29, 0.717) is 0 Å². The minimum atomic E-state index is -3.96. The molecule has 8 nitrogen and oxygen atoms in total. The summed E-state index contributed by atoms with van der Waals surface area (Å²) in [6.07, 6.45) is -3.31. The van der Waals surface area contributed by atoms with Gasteiger partial charge in [0.05, 0.1) is 23.1 Å². The van der Waals surface area contributed by atoms with Gasteiger partial charge in [0, 0.05) is 0 Å². The maximum atomic E-state index is 13.5. The van der Waals surface area contributed by atoms with E-state index in [9.17, 15) is 18.3 Å². The minimum Gasteiger partial charge on any atom is -0.444 e. The number of ether oxygens (including phenoxy) is 3. The maximum Gasteiger partial charge on any atom is 0.411 e. The number of aliphatic hydroxyl groups excluding tert-OH is 1.